The zero-order valence-electron chi connectivity index (χ0n) is 8.11. The van der Waals surface area contributed by atoms with Gasteiger partial charge in [-0.2, -0.15) is 0 Å². The molecule has 1 aromatic heterocycles. The largest absolute Gasteiger partial charge is 0.381 e. The Morgan fingerprint density at radius 1 is 1.25 bits per heavy atom. The van der Waals surface area contributed by atoms with Gasteiger partial charge in [-0.15, -0.1) is 0 Å². The molecule has 0 saturated carbocycles. The van der Waals surface area contributed by atoms with E-state index in [0.717, 1.165) is 9.26 Å². The standard InChI is InChI=1S/C10H8ClIN4/c11-6-1-2-8(7(12)5-6)16-10-9(13)14-3-4-15-10/h1-5H,(H2,13,14)(H,15,16). The van der Waals surface area contributed by atoms with Gasteiger partial charge in [-0.05, 0) is 40.8 Å². The summed E-state index contributed by atoms with van der Waals surface area (Å²) in [4.78, 5) is 8.05. The van der Waals surface area contributed by atoms with E-state index in [2.05, 4.69) is 37.9 Å². The zero-order chi connectivity index (χ0) is 11.5. The van der Waals surface area contributed by atoms with Gasteiger partial charge in [0.2, 0.25) is 0 Å². The number of nitrogens with two attached hydrogens (primary N) is 1. The Morgan fingerprint density at radius 2 is 2.00 bits per heavy atom. The van der Waals surface area contributed by atoms with E-state index in [0.29, 0.717) is 16.7 Å². The quantitative estimate of drug-likeness (QED) is 0.820. The molecule has 6 heteroatoms. The number of halogens is 2. The van der Waals surface area contributed by atoms with Crippen molar-refractivity contribution in [2.75, 3.05) is 11.1 Å². The fraction of sp³-hybridized carbons (Fsp3) is 0. The highest BCUT2D eigenvalue weighted by atomic mass is 127. The van der Waals surface area contributed by atoms with Gasteiger partial charge in [0.1, 0.15) is 0 Å². The lowest BCUT2D eigenvalue weighted by Gasteiger charge is -2.08. The van der Waals surface area contributed by atoms with Crippen molar-refractivity contribution in [1.82, 2.24) is 9.97 Å². The lowest BCUT2D eigenvalue weighted by atomic mass is 10.3. The smallest absolute Gasteiger partial charge is 0.173 e. The van der Waals surface area contributed by atoms with Crippen molar-refractivity contribution in [2.45, 2.75) is 0 Å². The first-order chi connectivity index (χ1) is 7.66. The highest BCUT2D eigenvalue weighted by Crippen LogP contribution is 2.26. The highest BCUT2D eigenvalue weighted by Gasteiger charge is 2.04. The summed E-state index contributed by atoms with van der Waals surface area (Å²) in [6.07, 6.45) is 3.13. The van der Waals surface area contributed by atoms with E-state index in [1.54, 1.807) is 18.5 Å². The molecule has 0 bridgehead atoms. The molecule has 0 fully saturated rings. The second-order valence-corrected chi connectivity index (χ2v) is 4.64. The lowest BCUT2D eigenvalue weighted by Crippen LogP contribution is -2.01. The van der Waals surface area contributed by atoms with Crippen molar-refractivity contribution in [3.8, 4) is 0 Å². The average Bonchev–Trinajstić information content (AvgIpc) is 2.25. The molecule has 1 heterocycles. The third-order valence-corrected chi connectivity index (χ3v) is 3.04. The predicted octanol–water partition coefficient (Wildman–Crippen LogP) is 3.06. The molecule has 82 valence electrons. The fourth-order valence-corrected chi connectivity index (χ4v) is 2.17. The molecule has 0 saturated heterocycles. The van der Waals surface area contributed by atoms with Crippen LogP contribution in [-0.4, -0.2) is 9.97 Å². The lowest BCUT2D eigenvalue weighted by molar-refractivity contribution is 1.21. The Kier molecular flexibility index (Phi) is 3.45. The van der Waals surface area contributed by atoms with Crippen LogP contribution in [0.15, 0.2) is 30.6 Å². The molecule has 2 aromatic rings. The molecule has 0 unspecified atom stereocenters. The number of hydrogen-bond donors (Lipinski definition) is 2. The molecule has 0 amide bonds. The second kappa shape index (κ2) is 4.84. The van der Waals surface area contributed by atoms with E-state index >= 15 is 0 Å². The zero-order valence-corrected chi connectivity index (χ0v) is 11.0. The van der Waals surface area contributed by atoms with E-state index in [9.17, 15) is 0 Å². The van der Waals surface area contributed by atoms with Crippen LogP contribution in [-0.2, 0) is 0 Å². The van der Waals surface area contributed by atoms with Gasteiger partial charge in [0.25, 0.3) is 0 Å². The third-order valence-electron chi connectivity index (χ3n) is 1.91. The molecule has 4 nitrogen and oxygen atoms in total. The molecule has 3 N–H and O–H groups in total. The first-order valence-corrected chi connectivity index (χ1v) is 5.91. The van der Waals surface area contributed by atoms with Crippen LogP contribution in [0, 0.1) is 3.57 Å². The number of hydrogen-bond acceptors (Lipinski definition) is 4. The van der Waals surface area contributed by atoms with Gasteiger partial charge in [0, 0.05) is 21.0 Å². The van der Waals surface area contributed by atoms with Crippen LogP contribution in [0.5, 0.6) is 0 Å². The topological polar surface area (TPSA) is 63.8 Å². The van der Waals surface area contributed by atoms with E-state index in [1.807, 2.05) is 12.1 Å². The molecule has 0 aliphatic rings. The number of nitrogen functional groups attached to an aromatic ring is 1. The van der Waals surface area contributed by atoms with Gasteiger partial charge < -0.3 is 11.1 Å². The Balaban J connectivity index is 2.31. The summed E-state index contributed by atoms with van der Waals surface area (Å²) in [5.74, 6) is 0.913. The average molecular weight is 347 g/mol. The number of anilines is 3. The van der Waals surface area contributed by atoms with Crippen LogP contribution in [0.4, 0.5) is 17.3 Å². The third kappa shape index (κ3) is 2.53. The summed E-state index contributed by atoms with van der Waals surface area (Å²) in [5, 5.41) is 3.80. The highest BCUT2D eigenvalue weighted by molar-refractivity contribution is 14.1. The number of nitrogens with one attached hydrogen (secondary N) is 1. The first-order valence-electron chi connectivity index (χ1n) is 4.45. The SMILES string of the molecule is Nc1nccnc1Nc1ccc(Cl)cc1I. The molecule has 0 aliphatic heterocycles. The summed E-state index contributed by atoms with van der Waals surface area (Å²) < 4.78 is 0.996. The molecule has 16 heavy (non-hydrogen) atoms. The van der Waals surface area contributed by atoms with E-state index in [-0.39, 0.29) is 0 Å². The van der Waals surface area contributed by atoms with Crippen molar-refractivity contribution in [3.63, 3.8) is 0 Å². The van der Waals surface area contributed by atoms with Crippen LogP contribution < -0.4 is 11.1 Å². The van der Waals surface area contributed by atoms with Crippen LogP contribution in [0.2, 0.25) is 5.02 Å². The van der Waals surface area contributed by atoms with Crippen LogP contribution >= 0.6 is 34.2 Å². The maximum atomic E-state index is 5.87. The van der Waals surface area contributed by atoms with Crippen molar-refractivity contribution in [2.24, 2.45) is 0 Å². The van der Waals surface area contributed by atoms with Crippen LogP contribution in [0.1, 0.15) is 0 Å². The number of aromatic nitrogens is 2. The fourth-order valence-electron chi connectivity index (χ4n) is 1.16. The molecule has 2 rings (SSSR count). The molecule has 0 aliphatic carbocycles. The number of nitrogens with zero attached hydrogens (tertiary/aromatic N) is 2. The monoisotopic (exact) mass is 346 g/mol. The second-order valence-electron chi connectivity index (χ2n) is 3.04. The van der Waals surface area contributed by atoms with Gasteiger partial charge in [-0.3, -0.25) is 0 Å². The van der Waals surface area contributed by atoms with Gasteiger partial charge in [0.05, 0.1) is 5.69 Å². The molecule has 0 radical (unpaired) electrons. The van der Waals surface area contributed by atoms with Crippen LogP contribution in [0.3, 0.4) is 0 Å². The van der Waals surface area contributed by atoms with E-state index in [1.165, 1.54) is 0 Å². The number of benzene rings is 1. The Labute approximate surface area is 111 Å². The minimum Gasteiger partial charge on any atom is -0.381 e. The van der Waals surface area contributed by atoms with Crippen molar-refractivity contribution >= 4 is 51.5 Å². The summed E-state index contributed by atoms with van der Waals surface area (Å²) in [6.45, 7) is 0. The first kappa shape index (κ1) is 11.4. The molecule has 0 spiro atoms. The van der Waals surface area contributed by atoms with E-state index < -0.39 is 0 Å². The minimum atomic E-state index is 0.369. The summed E-state index contributed by atoms with van der Waals surface area (Å²) in [5.41, 5.74) is 6.58. The van der Waals surface area contributed by atoms with Gasteiger partial charge in [-0.1, -0.05) is 11.6 Å². The Morgan fingerprint density at radius 3 is 2.69 bits per heavy atom. The molecule has 1 aromatic carbocycles. The number of rotatable bonds is 2. The van der Waals surface area contributed by atoms with Crippen molar-refractivity contribution in [3.05, 3.63) is 39.2 Å². The van der Waals surface area contributed by atoms with Crippen molar-refractivity contribution < 1.29 is 0 Å². The molecular formula is C10H8ClIN4. The van der Waals surface area contributed by atoms with Gasteiger partial charge >= 0.3 is 0 Å². The summed E-state index contributed by atoms with van der Waals surface area (Å²) in [7, 11) is 0. The predicted molar refractivity (Wildman–Crippen MR) is 73.9 cm³/mol. The Hall–Kier alpha value is -1.08. The van der Waals surface area contributed by atoms with Gasteiger partial charge in [-0.25, -0.2) is 9.97 Å². The minimum absolute atomic E-state index is 0.369. The van der Waals surface area contributed by atoms with Crippen molar-refractivity contribution in [1.29, 1.82) is 0 Å². The van der Waals surface area contributed by atoms with E-state index in [4.69, 9.17) is 17.3 Å². The maximum Gasteiger partial charge on any atom is 0.173 e. The summed E-state index contributed by atoms with van der Waals surface area (Å²) in [6, 6.07) is 5.54. The summed E-state index contributed by atoms with van der Waals surface area (Å²) >= 11 is 8.05. The maximum absolute atomic E-state index is 5.87. The van der Waals surface area contributed by atoms with Gasteiger partial charge in [0.15, 0.2) is 11.6 Å². The molecular weight excluding hydrogens is 338 g/mol. The molecule has 0 atom stereocenters. The normalized spacial score (nSPS) is 10.1. The Bertz CT molecular complexity index is 518. The van der Waals surface area contributed by atoms with Crippen LogP contribution in [0.25, 0.3) is 0 Å².